The average molecular weight is 432 g/mol. The molecule has 0 bridgehead atoms. The van der Waals surface area contributed by atoms with Crippen LogP contribution < -0.4 is 20.1 Å². The second-order valence-corrected chi connectivity index (χ2v) is 6.61. The van der Waals surface area contributed by atoms with Crippen molar-refractivity contribution in [2.75, 3.05) is 26.1 Å². The van der Waals surface area contributed by atoms with Crippen molar-refractivity contribution in [3.8, 4) is 11.5 Å². The highest BCUT2D eigenvalue weighted by atomic mass is 79.9. The molecule has 0 fully saturated rings. The molecule has 0 radical (unpaired) electrons. The lowest BCUT2D eigenvalue weighted by molar-refractivity contribution is 0.311. The summed E-state index contributed by atoms with van der Waals surface area (Å²) in [7, 11) is 3.35. The van der Waals surface area contributed by atoms with Gasteiger partial charge in [0.2, 0.25) is 0 Å². The summed E-state index contributed by atoms with van der Waals surface area (Å²) >= 11 is 3.47. The van der Waals surface area contributed by atoms with Gasteiger partial charge in [-0.1, -0.05) is 0 Å². The molecule has 27 heavy (non-hydrogen) atoms. The Morgan fingerprint density at radius 1 is 1.22 bits per heavy atom. The van der Waals surface area contributed by atoms with Gasteiger partial charge in [-0.25, -0.2) is 4.98 Å². The van der Waals surface area contributed by atoms with Gasteiger partial charge < -0.3 is 24.5 Å². The van der Waals surface area contributed by atoms with Crippen molar-refractivity contribution in [2.45, 2.75) is 13.5 Å². The molecular formula is C19H22BrN5O2. The maximum absolute atomic E-state index is 5.54. The van der Waals surface area contributed by atoms with E-state index in [4.69, 9.17) is 9.47 Å². The highest BCUT2D eigenvalue weighted by Crippen LogP contribution is 2.30. The van der Waals surface area contributed by atoms with Gasteiger partial charge in [-0.3, -0.25) is 4.99 Å². The molecule has 0 saturated heterocycles. The lowest BCUT2D eigenvalue weighted by atomic mass is 10.2. The quantitative estimate of drug-likeness (QED) is 0.459. The molecule has 2 heterocycles. The lowest BCUT2D eigenvalue weighted by Gasteiger charge is -2.14. The van der Waals surface area contributed by atoms with E-state index >= 15 is 0 Å². The maximum Gasteiger partial charge on any atom is 0.195 e. The minimum atomic E-state index is 0.549. The number of rotatable bonds is 6. The molecule has 0 spiro atoms. The summed E-state index contributed by atoms with van der Waals surface area (Å²) in [5.74, 6) is 2.02. The number of anilines is 1. The van der Waals surface area contributed by atoms with Crippen molar-refractivity contribution < 1.29 is 9.47 Å². The molecule has 2 N–H and O–H groups in total. The number of ether oxygens (including phenoxy) is 2. The molecule has 1 aromatic carbocycles. The van der Waals surface area contributed by atoms with Gasteiger partial charge in [-0.15, -0.1) is 0 Å². The number of imidazole rings is 1. The first-order valence-corrected chi connectivity index (χ1v) is 9.34. The van der Waals surface area contributed by atoms with E-state index in [-0.39, 0.29) is 0 Å². The van der Waals surface area contributed by atoms with E-state index in [1.54, 1.807) is 14.2 Å². The summed E-state index contributed by atoms with van der Waals surface area (Å²) in [6.45, 7) is 3.07. The molecule has 142 valence electrons. The van der Waals surface area contributed by atoms with Gasteiger partial charge in [0.05, 0.1) is 26.0 Å². The summed E-state index contributed by atoms with van der Waals surface area (Å²) in [5, 5.41) is 6.51. The number of halogens is 1. The molecule has 0 aliphatic carbocycles. The van der Waals surface area contributed by atoms with Crippen LogP contribution in [0.3, 0.4) is 0 Å². The predicted octanol–water partition coefficient (Wildman–Crippen LogP) is 3.69. The Bertz CT molecular complexity index is 954. The Morgan fingerprint density at radius 3 is 2.81 bits per heavy atom. The Kier molecular flexibility index (Phi) is 6.18. The molecule has 0 aliphatic heterocycles. The maximum atomic E-state index is 5.54. The summed E-state index contributed by atoms with van der Waals surface area (Å²) in [5.41, 5.74) is 2.66. The second kappa shape index (κ2) is 8.77. The fraction of sp³-hybridized carbons (Fsp3) is 0.263. The Hall–Kier alpha value is -2.74. The van der Waals surface area contributed by atoms with Crippen molar-refractivity contribution in [3.63, 3.8) is 0 Å². The van der Waals surface area contributed by atoms with E-state index in [0.29, 0.717) is 30.6 Å². The Balaban J connectivity index is 1.66. The summed E-state index contributed by atoms with van der Waals surface area (Å²) < 4.78 is 13.9. The second-order valence-electron chi connectivity index (χ2n) is 5.69. The predicted molar refractivity (Wildman–Crippen MR) is 111 cm³/mol. The molecule has 2 aromatic heterocycles. The lowest BCUT2D eigenvalue weighted by Crippen LogP contribution is -2.30. The molecule has 3 aromatic rings. The van der Waals surface area contributed by atoms with Crippen LogP contribution in [0.5, 0.6) is 11.5 Å². The van der Waals surface area contributed by atoms with Crippen LogP contribution in [-0.4, -0.2) is 36.1 Å². The topological polar surface area (TPSA) is 72.2 Å². The summed E-state index contributed by atoms with van der Waals surface area (Å²) in [6.07, 6.45) is 3.96. The molecule has 3 rings (SSSR count). The zero-order chi connectivity index (χ0) is 19.2. The van der Waals surface area contributed by atoms with Crippen LogP contribution in [-0.2, 0) is 6.54 Å². The molecule has 0 saturated carbocycles. The normalized spacial score (nSPS) is 11.5. The van der Waals surface area contributed by atoms with Crippen molar-refractivity contribution >= 4 is 33.2 Å². The van der Waals surface area contributed by atoms with E-state index in [9.17, 15) is 0 Å². The molecular weight excluding hydrogens is 410 g/mol. The third kappa shape index (κ3) is 4.71. The van der Waals surface area contributed by atoms with Crippen LogP contribution in [0.15, 0.2) is 52.2 Å². The van der Waals surface area contributed by atoms with Gasteiger partial charge in [0.1, 0.15) is 5.65 Å². The largest absolute Gasteiger partial charge is 0.493 e. The average Bonchev–Trinajstić information content (AvgIpc) is 3.08. The zero-order valence-corrected chi connectivity index (χ0v) is 17.1. The van der Waals surface area contributed by atoms with Gasteiger partial charge in [0, 0.05) is 35.7 Å². The molecule has 0 amide bonds. The first kappa shape index (κ1) is 19.0. The van der Waals surface area contributed by atoms with Gasteiger partial charge >= 0.3 is 0 Å². The number of guanidine groups is 1. The third-order valence-electron chi connectivity index (χ3n) is 3.85. The number of aliphatic imine (C=N–C) groups is 1. The summed E-state index contributed by atoms with van der Waals surface area (Å²) in [6, 6.07) is 9.60. The van der Waals surface area contributed by atoms with E-state index < -0.39 is 0 Å². The van der Waals surface area contributed by atoms with E-state index in [1.165, 1.54) is 0 Å². The first-order valence-electron chi connectivity index (χ1n) is 8.54. The summed E-state index contributed by atoms with van der Waals surface area (Å²) in [4.78, 5) is 8.85. The molecule has 0 unspecified atom stereocenters. The Morgan fingerprint density at radius 2 is 2.07 bits per heavy atom. The zero-order valence-electron chi connectivity index (χ0n) is 15.5. The molecule has 0 aliphatic rings. The van der Waals surface area contributed by atoms with Gasteiger partial charge in [0.15, 0.2) is 17.5 Å². The molecule has 7 nitrogen and oxygen atoms in total. The van der Waals surface area contributed by atoms with Crippen molar-refractivity contribution in [1.82, 2.24) is 14.7 Å². The van der Waals surface area contributed by atoms with Crippen LogP contribution in [0.25, 0.3) is 5.65 Å². The van der Waals surface area contributed by atoms with Crippen molar-refractivity contribution in [2.24, 2.45) is 4.99 Å². The van der Waals surface area contributed by atoms with Gasteiger partial charge in [-0.2, -0.15) is 0 Å². The first-order chi connectivity index (χ1) is 13.1. The number of benzene rings is 1. The molecule has 0 atom stereocenters. The van der Waals surface area contributed by atoms with Crippen LogP contribution in [0.4, 0.5) is 5.69 Å². The van der Waals surface area contributed by atoms with Crippen LogP contribution in [0.1, 0.15) is 12.6 Å². The number of pyridine rings is 1. The third-order valence-corrected chi connectivity index (χ3v) is 4.32. The number of hydrogen-bond donors (Lipinski definition) is 2. The number of fused-ring (bicyclic) bond motifs is 1. The smallest absolute Gasteiger partial charge is 0.195 e. The van der Waals surface area contributed by atoms with Crippen molar-refractivity contribution in [3.05, 3.63) is 52.9 Å². The van der Waals surface area contributed by atoms with Crippen LogP contribution >= 0.6 is 15.9 Å². The number of methoxy groups -OCH3 is 1. The standard InChI is InChI=1S/C19H22BrN5O2/c1-4-27-16-7-6-14(9-17(16)26-3)24-19(21-2)22-10-15-12-25-11-13(20)5-8-18(25)23-15/h5-9,11-12H,4,10H2,1-3H3,(H2,21,22,24). The number of aromatic nitrogens is 2. The van der Waals surface area contributed by atoms with Crippen LogP contribution in [0, 0.1) is 0 Å². The van der Waals surface area contributed by atoms with E-state index in [1.807, 2.05) is 54.0 Å². The number of nitrogens with one attached hydrogen (secondary N) is 2. The number of hydrogen-bond acceptors (Lipinski definition) is 4. The minimum absolute atomic E-state index is 0.549. The molecule has 8 heteroatoms. The van der Waals surface area contributed by atoms with E-state index in [2.05, 4.69) is 36.5 Å². The van der Waals surface area contributed by atoms with E-state index in [0.717, 1.165) is 21.5 Å². The Labute approximate surface area is 166 Å². The monoisotopic (exact) mass is 431 g/mol. The fourth-order valence-electron chi connectivity index (χ4n) is 2.61. The number of nitrogens with zero attached hydrogens (tertiary/aromatic N) is 3. The highest BCUT2D eigenvalue weighted by molar-refractivity contribution is 9.10. The SMILES string of the molecule is CCOc1ccc(NC(=NC)NCc2cn3cc(Br)ccc3n2)cc1OC. The fourth-order valence-corrected chi connectivity index (χ4v) is 2.97. The van der Waals surface area contributed by atoms with Gasteiger partial charge in [0.25, 0.3) is 0 Å². The van der Waals surface area contributed by atoms with Crippen LogP contribution in [0.2, 0.25) is 0 Å². The van der Waals surface area contributed by atoms with Gasteiger partial charge in [-0.05, 0) is 47.1 Å². The van der Waals surface area contributed by atoms with Crippen molar-refractivity contribution in [1.29, 1.82) is 0 Å². The highest BCUT2D eigenvalue weighted by Gasteiger charge is 2.08. The minimum Gasteiger partial charge on any atom is -0.493 e.